The third-order valence-electron chi connectivity index (χ3n) is 3.09. The van der Waals surface area contributed by atoms with Crippen LogP contribution in [0.25, 0.3) is 0 Å². The maximum absolute atomic E-state index is 12.2. The van der Waals surface area contributed by atoms with Gasteiger partial charge in [-0.2, -0.15) is 0 Å². The summed E-state index contributed by atoms with van der Waals surface area (Å²) in [7, 11) is 0. The van der Waals surface area contributed by atoms with Crippen LogP contribution in [0.2, 0.25) is 0 Å². The molecule has 0 saturated heterocycles. The SMILES string of the molecule is CSc1ccc(NC(=O)[C@H](C)Sc2ccc([N+](=O)[O-])cc2)cc1. The summed E-state index contributed by atoms with van der Waals surface area (Å²) >= 11 is 3.00. The predicted octanol–water partition coefficient (Wildman–Crippen LogP) is 4.44. The van der Waals surface area contributed by atoms with Crippen LogP contribution >= 0.6 is 23.5 Å². The highest BCUT2D eigenvalue weighted by molar-refractivity contribution is 8.00. The molecule has 0 aliphatic rings. The Labute approximate surface area is 143 Å². The number of amides is 1. The minimum absolute atomic E-state index is 0.0420. The Morgan fingerprint density at radius 1 is 1.09 bits per heavy atom. The number of benzene rings is 2. The second kappa shape index (κ2) is 8.03. The summed E-state index contributed by atoms with van der Waals surface area (Å²) in [4.78, 5) is 24.3. The lowest BCUT2D eigenvalue weighted by Crippen LogP contribution is -2.22. The Kier molecular flexibility index (Phi) is 6.06. The van der Waals surface area contributed by atoms with Crippen LogP contribution in [-0.2, 0) is 4.79 Å². The first-order valence-electron chi connectivity index (χ1n) is 6.85. The fourth-order valence-electron chi connectivity index (χ4n) is 1.82. The molecular weight excluding hydrogens is 332 g/mol. The van der Waals surface area contributed by atoms with Crippen LogP contribution in [0.4, 0.5) is 11.4 Å². The highest BCUT2D eigenvalue weighted by atomic mass is 32.2. The van der Waals surface area contributed by atoms with Gasteiger partial charge in [0.25, 0.3) is 5.69 Å². The Hall–Kier alpha value is -1.99. The van der Waals surface area contributed by atoms with Gasteiger partial charge in [0.05, 0.1) is 10.2 Å². The average molecular weight is 348 g/mol. The number of nitrogens with zero attached hydrogens (tertiary/aromatic N) is 1. The number of hydrogen-bond acceptors (Lipinski definition) is 5. The molecule has 23 heavy (non-hydrogen) atoms. The van der Waals surface area contributed by atoms with Crippen molar-refractivity contribution in [2.45, 2.75) is 22.0 Å². The normalized spacial score (nSPS) is 11.7. The minimum atomic E-state index is -0.442. The molecule has 1 amide bonds. The molecule has 2 aromatic carbocycles. The summed E-state index contributed by atoms with van der Waals surface area (Å²) in [5, 5.41) is 13.2. The third kappa shape index (κ3) is 5.01. The molecule has 0 spiro atoms. The van der Waals surface area contributed by atoms with Gasteiger partial charge in [-0.05, 0) is 49.6 Å². The van der Waals surface area contributed by atoms with Crippen LogP contribution in [0.5, 0.6) is 0 Å². The van der Waals surface area contributed by atoms with E-state index in [-0.39, 0.29) is 16.8 Å². The molecule has 1 atom stereocenters. The molecule has 0 bridgehead atoms. The number of nitro benzene ring substituents is 1. The summed E-state index contributed by atoms with van der Waals surface area (Å²) in [6.07, 6.45) is 2.00. The van der Waals surface area contributed by atoms with Gasteiger partial charge in [0.2, 0.25) is 5.91 Å². The molecule has 0 radical (unpaired) electrons. The van der Waals surface area contributed by atoms with E-state index >= 15 is 0 Å². The van der Waals surface area contributed by atoms with Gasteiger partial charge in [-0.25, -0.2) is 0 Å². The molecule has 0 heterocycles. The number of carbonyl (C=O) groups excluding carboxylic acids is 1. The molecule has 0 aromatic heterocycles. The van der Waals surface area contributed by atoms with Crippen molar-refractivity contribution in [3.63, 3.8) is 0 Å². The Balaban J connectivity index is 1.94. The Morgan fingerprint density at radius 2 is 1.65 bits per heavy atom. The van der Waals surface area contributed by atoms with Crippen LogP contribution in [0, 0.1) is 10.1 Å². The molecule has 0 aliphatic heterocycles. The lowest BCUT2D eigenvalue weighted by molar-refractivity contribution is -0.384. The highest BCUT2D eigenvalue weighted by Gasteiger charge is 2.15. The number of anilines is 1. The van der Waals surface area contributed by atoms with Gasteiger partial charge in [-0.15, -0.1) is 23.5 Å². The maximum atomic E-state index is 12.2. The number of rotatable bonds is 6. The summed E-state index contributed by atoms with van der Waals surface area (Å²) in [6, 6.07) is 13.8. The quantitative estimate of drug-likeness (QED) is 0.475. The summed E-state index contributed by atoms with van der Waals surface area (Å²) in [5.41, 5.74) is 0.796. The van der Waals surface area contributed by atoms with Crippen molar-refractivity contribution in [2.75, 3.05) is 11.6 Å². The van der Waals surface area contributed by atoms with Gasteiger partial charge in [-0.1, -0.05) is 0 Å². The molecule has 0 aliphatic carbocycles. The number of carbonyl (C=O) groups is 1. The zero-order valence-corrected chi connectivity index (χ0v) is 14.3. The molecule has 5 nitrogen and oxygen atoms in total. The van der Waals surface area contributed by atoms with Crippen molar-refractivity contribution in [1.82, 2.24) is 0 Å². The van der Waals surface area contributed by atoms with E-state index in [0.29, 0.717) is 0 Å². The van der Waals surface area contributed by atoms with Crippen LogP contribution < -0.4 is 5.32 Å². The molecule has 0 fully saturated rings. The van der Waals surface area contributed by atoms with Crippen molar-refractivity contribution in [2.24, 2.45) is 0 Å². The number of thioether (sulfide) groups is 2. The van der Waals surface area contributed by atoms with E-state index in [4.69, 9.17) is 0 Å². The van der Waals surface area contributed by atoms with Crippen LogP contribution in [0.15, 0.2) is 58.3 Å². The molecule has 2 aromatic rings. The van der Waals surface area contributed by atoms with Crippen molar-refractivity contribution in [3.8, 4) is 0 Å². The smallest absolute Gasteiger partial charge is 0.269 e. The molecule has 0 saturated carbocycles. The summed E-state index contributed by atoms with van der Waals surface area (Å²) in [6.45, 7) is 1.80. The van der Waals surface area contributed by atoms with Crippen LogP contribution in [0.1, 0.15) is 6.92 Å². The second-order valence-electron chi connectivity index (χ2n) is 4.73. The second-order valence-corrected chi connectivity index (χ2v) is 7.02. The summed E-state index contributed by atoms with van der Waals surface area (Å²) in [5.74, 6) is -0.106. The molecule has 1 N–H and O–H groups in total. The van der Waals surface area contributed by atoms with Gasteiger partial charge in [0.1, 0.15) is 0 Å². The van der Waals surface area contributed by atoms with Gasteiger partial charge in [0, 0.05) is 27.6 Å². The predicted molar refractivity (Wildman–Crippen MR) is 95.3 cm³/mol. The first-order valence-corrected chi connectivity index (χ1v) is 8.96. The van der Waals surface area contributed by atoms with E-state index in [1.165, 1.54) is 23.9 Å². The van der Waals surface area contributed by atoms with E-state index in [1.807, 2.05) is 30.5 Å². The molecular formula is C16H16N2O3S2. The van der Waals surface area contributed by atoms with Gasteiger partial charge in [0.15, 0.2) is 0 Å². The monoisotopic (exact) mass is 348 g/mol. The number of nitro groups is 1. The van der Waals surface area contributed by atoms with Crippen molar-refractivity contribution in [3.05, 3.63) is 58.6 Å². The van der Waals surface area contributed by atoms with Crippen molar-refractivity contribution < 1.29 is 9.72 Å². The minimum Gasteiger partial charge on any atom is -0.325 e. The molecule has 0 unspecified atom stereocenters. The zero-order valence-electron chi connectivity index (χ0n) is 12.7. The first-order chi connectivity index (χ1) is 11.0. The standard InChI is InChI=1S/C16H16N2O3S2/c1-11(23-15-9-5-13(6-10-15)18(20)21)16(19)17-12-3-7-14(22-2)8-4-12/h3-11H,1-2H3,(H,17,19)/t11-/m0/s1. The maximum Gasteiger partial charge on any atom is 0.269 e. The van der Waals surface area contributed by atoms with Gasteiger partial charge >= 0.3 is 0 Å². The summed E-state index contributed by atoms with van der Waals surface area (Å²) < 4.78 is 0. The fraction of sp³-hybridized carbons (Fsp3) is 0.188. The lowest BCUT2D eigenvalue weighted by atomic mass is 10.3. The van der Waals surface area contributed by atoms with E-state index in [9.17, 15) is 14.9 Å². The highest BCUT2D eigenvalue weighted by Crippen LogP contribution is 2.26. The van der Waals surface area contributed by atoms with Crippen molar-refractivity contribution in [1.29, 1.82) is 0 Å². The number of non-ortho nitro benzene ring substituents is 1. The van der Waals surface area contributed by atoms with E-state index in [1.54, 1.807) is 30.8 Å². The average Bonchev–Trinajstić information content (AvgIpc) is 2.56. The van der Waals surface area contributed by atoms with Gasteiger partial charge < -0.3 is 5.32 Å². The van der Waals surface area contributed by atoms with Crippen LogP contribution in [-0.4, -0.2) is 22.3 Å². The van der Waals surface area contributed by atoms with E-state index in [2.05, 4.69) is 5.32 Å². The fourth-order valence-corrected chi connectivity index (χ4v) is 3.10. The molecule has 120 valence electrons. The topological polar surface area (TPSA) is 72.2 Å². The Morgan fingerprint density at radius 3 is 2.17 bits per heavy atom. The van der Waals surface area contributed by atoms with Crippen LogP contribution in [0.3, 0.4) is 0 Å². The Bertz CT molecular complexity index is 687. The number of hydrogen-bond donors (Lipinski definition) is 1. The third-order valence-corrected chi connectivity index (χ3v) is 4.94. The zero-order chi connectivity index (χ0) is 16.8. The van der Waals surface area contributed by atoms with E-state index < -0.39 is 4.92 Å². The largest absolute Gasteiger partial charge is 0.325 e. The molecule has 7 heteroatoms. The van der Waals surface area contributed by atoms with Gasteiger partial charge in [-0.3, -0.25) is 14.9 Å². The number of nitrogens with one attached hydrogen (secondary N) is 1. The lowest BCUT2D eigenvalue weighted by Gasteiger charge is -2.12. The van der Waals surface area contributed by atoms with E-state index in [0.717, 1.165) is 15.5 Å². The first kappa shape index (κ1) is 17.4. The van der Waals surface area contributed by atoms with Crippen molar-refractivity contribution >= 4 is 40.8 Å². The molecule has 2 rings (SSSR count).